The van der Waals surface area contributed by atoms with E-state index in [4.69, 9.17) is 12.2 Å². The van der Waals surface area contributed by atoms with Gasteiger partial charge in [-0.1, -0.05) is 5.92 Å². The average molecular weight is 156 g/mol. The molecule has 1 aromatic heterocycles. The summed E-state index contributed by atoms with van der Waals surface area (Å²) in [4.78, 5) is 3.07. The molecule has 2 nitrogen and oxygen atoms in total. The third-order valence-corrected chi connectivity index (χ3v) is 1.88. The van der Waals surface area contributed by atoms with Gasteiger partial charge in [-0.2, -0.15) is 0 Å². The SMILES string of the molecule is C#Cc1cc2[nH]ccc2cc1N. The Labute approximate surface area is 70.4 Å². The normalized spacial score (nSPS) is 9.92. The quantitative estimate of drug-likeness (QED) is 0.442. The van der Waals surface area contributed by atoms with Crippen LogP contribution in [0.2, 0.25) is 0 Å². The van der Waals surface area contributed by atoms with Crippen molar-refractivity contribution in [1.29, 1.82) is 0 Å². The molecule has 3 N–H and O–H groups in total. The average Bonchev–Trinajstić information content (AvgIpc) is 2.49. The van der Waals surface area contributed by atoms with Gasteiger partial charge in [-0.15, -0.1) is 6.42 Å². The van der Waals surface area contributed by atoms with Gasteiger partial charge >= 0.3 is 0 Å². The highest BCUT2D eigenvalue weighted by Gasteiger charge is 1.99. The molecule has 58 valence electrons. The Hall–Kier alpha value is -1.88. The lowest BCUT2D eigenvalue weighted by molar-refractivity contribution is 1.47. The number of hydrogen-bond acceptors (Lipinski definition) is 1. The second kappa shape index (κ2) is 2.31. The van der Waals surface area contributed by atoms with Crippen molar-refractivity contribution in [3.63, 3.8) is 0 Å². The maximum absolute atomic E-state index is 5.70. The van der Waals surface area contributed by atoms with Crippen LogP contribution in [0.5, 0.6) is 0 Å². The molecule has 2 aromatic rings. The minimum Gasteiger partial charge on any atom is -0.398 e. The lowest BCUT2D eigenvalue weighted by atomic mass is 10.1. The zero-order valence-corrected chi connectivity index (χ0v) is 6.46. The van der Waals surface area contributed by atoms with Crippen molar-refractivity contribution >= 4 is 16.6 Å². The first-order valence-electron chi connectivity index (χ1n) is 3.64. The smallest absolute Gasteiger partial charge is 0.0493 e. The summed E-state index contributed by atoms with van der Waals surface area (Å²) in [5.74, 6) is 2.53. The number of benzene rings is 1. The third kappa shape index (κ3) is 0.841. The molecule has 2 rings (SSSR count). The number of hydrogen-bond donors (Lipinski definition) is 2. The highest BCUT2D eigenvalue weighted by molar-refractivity contribution is 5.85. The van der Waals surface area contributed by atoms with Crippen LogP contribution in [0.3, 0.4) is 0 Å². The number of aromatic nitrogens is 1. The van der Waals surface area contributed by atoms with E-state index in [1.165, 1.54) is 0 Å². The van der Waals surface area contributed by atoms with Crippen LogP contribution >= 0.6 is 0 Å². The van der Waals surface area contributed by atoms with Crippen LogP contribution < -0.4 is 5.73 Å². The summed E-state index contributed by atoms with van der Waals surface area (Å²) in [7, 11) is 0. The van der Waals surface area contributed by atoms with Crippen molar-refractivity contribution < 1.29 is 0 Å². The van der Waals surface area contributed by atoms with Crippen LogP contribution in [0.25, 0.3) is 10.9 Å². The molecule has 0 atom stereocenters. The maximum Gasteiger partial charge on any atom is 0.0493 e. The van der Waals surface area contributed by atoms with E-state index in [0.717, 1.165) is 16.5 Å². The minimum absolute atomic E-state index is 0.657. The minimum atomic E-state index is 0.657. The molecule has 0 aliphatic carbocycles. The third-order valence-electron chi connectivity index (χ3n) is 1.88. The van der Waals surface area contributed by atoms with E-state index < -0.39 is 0 Å². The van der Waals surface area contributed by atoms with Crippen molar-refractivity contribution in [3.8, 4) is 12.3 Å². The van der Waals surface area contributed by atoms with Crippen LogP contribution in [0.4, 0.5) is 5.69 Å². The van der Waals surface area contributed by atoms with Gasteiger partial charge in [0, 0.05) is 28.4 Å². The monoisotopic (exact) mass is 156 g/mol. The van der Waals surface area contributed by atoms with Crippen LogP contribution in [0.1, 0.15) is 5.56 Å². The largest absolute Gasteiger partial charge is 0.398 e. The van der Waals surface area contributed by atoms with E-state index in [0.29, 0.717) is 5.69 Å². The Morgan fingerprint density at radius 1 is 1.42 bits per heavy atom. The molecule has 0 aliphatic rings. The van der Waals surface area contributed by atoms with E-state index in [-0.39, 0.29) is 0 Å². The van der Waals surface area contributed by atoms with Crippen molar-refractivity contribution in [2.75, 3.05) is 5.73 Å². The topological polar surface area (TPSA) is 41.8 Å². The number of terminal acetylenes is 1. The van der Waals surface area contributed by atoms with Crippen LogP contribution in [0, 0.1) is 12.3 Å². The van der Waals surface area contributed by atoms with Crippen molar-refractivity contribution in [2.45, 2.75) is 0 Å². The van der Waals surface area contributed by atoms with Gasteiger partial charge in [0.1, 0.15) is 0 Å². The lowest BCUT2D eigenvalue weighted by Gasteiger charge is -1.97. The number of rotatable bonds is 0. The molecule has 0 saturated carbocycles. The maximum atomic E-state index is 5.70. The summed E-state index contributed by atoms with van der Waals surface area (Å²) in [6, 6.07) is 5.72. The fraction of sp³-hybridized carbons (Fsp3) is 0. The summed E-state index contributed by atoms with van der Waals surface area (Å²) >= 11 is 0. The molecule has 1 aromatic carbocycles. The zero-order valence-electron chi connectivity index (χ0n) is 6.46. The Kier molecular flexibility index (Phi) is 1.31. The number of aromatic amines is 1. The molecule has 12 heavy (non-hydrogen) atoms. The molecule has 0 spiro atoms. The molecule has 0 fully saturated rings. The molecule has 0 bridgehead atoms. The molecule has 0 aliphatic heterocycles. The summed E-state index contributed by atoms with van der Waals surface area (Å²) in [6.07, 6.45) is 7.13. The molecule has 1 heterocycles. The second-order valence-electron chi connectivity index (χ2n) is 2.65. The molecular formula is C10H8N2. The van der Waals surface area contributed by atoms with E-state index in [1.807, 2.05) is 24.4 Å². The van der Waals surface area contributed by atoms with Gasteiger partial charge in [0.05, 0.1) is 0 Å². The Bertz CT molecular complexity index is 460. The van der Waals surface area contributed by atoms with Crippen LogP contribution in [-0.4, -0.2) is 4.98 Å². The first-order chi connectivity index (χ1) is 5.81. The predicted octanol–water partition coefficient (Wildman–Crippen LogP) is 1.73. The highest BCUT2D eigenvalue weighted by atomic mass is 14.7. The van der Waals surface area contributed by atoms with Gasteiger partial charge in [-0.3, -0.25) is 0 Å². The number of nitrogens with two attached hydrogens (primary N) is 1. The van der Waals surface area contributed by atoms with E-state index in [2.05, 4.69) is 10.9 Å². The first kappa shape index (κ1) is 6.81. The molecule has 0 radical (unpaired) electrons. The van der Waals surface area contributed by atoms with Crippen LogP contribution in [0.15, 0.2) is 24.4 Å². The molecule has 2 heteroatoms. The van der Waals surface area contributed by atoms with Crippen molar-refractivity contribution in [3.05, 3.63) is 30.0 Å². The Morgan fingerprint density at radius 3 is 3.00 bits per heavy atom. The summed E-state index contributed by atoms with van der Waals surface area (Å²) in [5, 5.41) is 1.09. The number of nitrogens with one attached hydrogen (secondary N) is 1. The van der Waals surface area contributed by atoms with E-state index in [1.54, 1.807) is 0 Å². The molecule has 0 unspecified atom stereocenters. The number of fused-ring (bicyclic) bond motifs is 1. The summed E-state index contributed by atoms with van der Waals surface area (Å²) < 4.78 is 0. The van der Waals surface area contributed by atoms with E-state index in [9.17, 15) is 0 Å². The zero-order chi connectivity index (χ0) is 8.55. The number of H-pyrrole nitrogens is 1. The van der Waals surface area contributed by atoms with Crippen molar-refractivity contribution in [2.24, 2.45) is 0 Å². The molecule has 0 saturated heterocycles. The summed E-state index contributed by atoms with van der Waals surface area (Å²) in [6.45, 7) is 0. The van der Waals surface area contributed by atoms with Gasteiger partial charge in [0.2, 0.25) is 0 Å². The Balaban J connectivity index is 2.84. The lowest BCUT2D eigenvalue weighted by Crippen LogP contribution is -1.89. The van der Waals surface area contributed by atoms with Gasteiger partial charge < -0.3 is 10.7 Å². The Morgan fingerprint density at radius 2 is 2.25 bits per heavy atom. The fourth-order valence-corrected chi connectivity index (χ4v) is 1.24. The van der Waals surface area contributed by atoms with Crippen molar-refractivity contribution in [1.82, 2.24) is 4.98 Å². The van der Waals surface area contributed by atoms with Gasteiger partial charge in [0.25, 0.3) is 0 Å². The molecular weight excluding hydrogens is 148 g/mol. The number of nitrogen functional groups attached to an aromatic ring is 1. The van der Waals surface area contributed by atoms with Gasteiger partial charge in [-0.25, -0.2) is 0 Å². The van der Waals surface area contributed by atoms with Crippen LogP contribution in [-0.2, 0) is 0 Å². The molecule has 0 amide bonds. The van der Waals surface area contributed by atoms with E-state index >= 15 is 0 Å². The van der Waals surface area contributed by atoms with Gasteiger partial charge in [0.15, 0.2) is 0 Å². The van der Waals surface area contributed by atoms with Gasteiger partial charge in [-0.05, 0) is 18.2 Å². The summed E-state index contributed by atoms with van der Waals surface area (Å²) in [5.41, 5.74) is 8.12. The standard InChI is InChI=1S/C10H8N2/c1-2-7-6-10-8(3-4-12-10)5-9(7)11/h1,3-6,12H,11H2. The predicted molar refractivity (Wildman–Crippen MR) is 50.6 cm³/mol. The first-order valence-corrected chi connectivity index (χ1v) is 3.64. The second-order valence-corrected chi connectivity index (χ2v) is 2.65. The fourth-order valence-electron chi connectivity index (χ4n) is 1.24. The number of anilines is 1. The highest BCUT2D eigenvalue weighted by Crippen LogP contribution is 2.19.